The molecular formula is C12H19ClN4O. The molecule has 1 aliphatic rings. The summed E-state index contributed by atoms with van der Waals surface area (Å²) in [5, 5.41) is 8.23. The summed E-state index contributed by atoms with van der Waals surface area (Å²) in [7, 11) is 0. The highest BCUT2D eigenvalue weighted by Gasteiger charge is 2.25. The zero-order valence-corrected chi connectivity index (χ0v) is 11.8. The van der Waals surface area contributed by atoms with E-state index in [1.807, 2.05) is 25.7 Å². The van der Waals surface area contributed by atoms with Crippen molar-refractivity contribution in [2.75, 3.05) is 26.2 Å². The Morgan fingerprint density at radius 3 is 2.50 bits per heavy atom. The molecule has 2 heterocycles. The summed E-state index contributed by atoms with van der Waals surface area (Å²) in [6.45, 7) is 8.86. The lowest BCUT2D eigenvalue weighted by atomic mass is 10.2. The van der Waals surface area contributed by atoms with Crippen LogP contribution in [0.2, 0.25) is 5.02 Å². The molecule has 1 amide bonds. The summed E-state index contributed by atoms with van der Waals surface area (Å²) < 4.78 is 1.72. The zero-order chi connectivity index (χ0) is 13.3. The average molecular weight is 271 g/mol. The molecule has 0 aromatic carbocycles. The van der Waals surface area contributed by atoms with Gasteiger partial charge in [-0.15, -0.1) is 0 Å². The molecule has 2 rings (SSSR count). The van der Waals surface area contributed by atoms with Gasteiger partial charge in [-0.2, -0.15) is 5.10 Å². The third-order valence-corrected chi connectivity index (χ3v) is 3.94. The van der Waals surface area contributed by atoms with E-state index in [0.29, 0.717) is 5.02 Å². The van der Waals surface area contributed by atoms with Gasteiger partial charge in [-0.1, -0.05) is 11.6 Å². The van der Waals surface area contributed by atoms with E-state index in [2.05, 4.69) is 10.4 Å². The lowest BCUT2D eigenvalue weighted by Gasteiger charge is -2.30. The van der Waals surface area contributed by atoms with Crippen LogP contribution in [0.15, 0.2) is 0 Å². The van der Waals surface area contributed by atoms with Crippen molar-refractivity contribution >= 4 is 17.5 Å². The molecule has 5 nitrogen and oxygen atoms in total. The van der Waals surface area contributed by atoms with Gasteiger partial charge in [0.25, 0.3) is 0 Å². The highest BCUT2D eigenvalue weighted by molar-refractivity contribution is 6.31. The molecule has 1 N–H and O–H groups in total. The van der Waals surface area contributed by atoms with E-state index in [1.54, 1.807) is 4.68 Å². The Morgan fingerprint density at radius 2 is 2.00 bits per heavy atom. The fourth-order valence-electron chi connectivity index (χ4n) is 2.27. The molecule has 0 bridgehead atoms. The number of nitrogens with one attached hydrogen (secondary N) is 1. The topological polar surface area (TPSA) is 50.2 Å². The Hall–Kier alpha value is -1.07. The van der Waals surface area contributed by atoms with Gasteiger partial charge in [-0.25, -0.2) is 0 Å². The molecule has 1 unspecified atom stereocenters. The van der Waals surface area contributed by atoms with Crippen LogP contribution >= 0.6 is 11.6 Å². The molecule has 6 heteroatoms. The Morgan fingerprint density at radius 1 is 1.39 bits per heavy atom. The van der Waals surface area contributed by atoms with Crippen LogP contribution in [-0.2, 0) is 4.79 Å². The first-order chi connectivity index (χ1) is 8.52. The van der Waals surface area contributed by atoms with Crippen LogP contribution in [0.5, 0.6) is 0 Å². The minimum Gasteiger partial charge on any atom is -0.338 e. The van der Waals surface area contributed by atoms with Gasteiger partial charge in [-0.3, -0.25) is 9.48 Å². The number of halogens is 1. The number of nitrogens with zero attached hydrogens (tertiary/aromatic N) is 3. The van der Waals surface area contributed by atoms with E-state index >= 15 is 0 Å². The first-order valence-corrected chi connectivity index (χ1v) is 6.61. The molecule has 1 aromatic heterocycles. The number of piperazine rings is 1. The number of hydrogen-bond donors (Lipinski definition) is 1. The zero-order valence-electron chi connectivity index (χ0n) is 11.0. The molecule has 0 radical (unpaired) electrons. The fourth-order valence-corrected chi connectivity index (χ4v) is 2.40. The third kappa shape index (κ3) is 2.37. The van der Waals surface area contributed by atoms with Gasteiger partial charge in [0.2, 0.25) is 5.91 Å². The molecule has 0 spiro atoms. The second-order valence-electron chi connectivity index (χ2n) is 4.68. The van der Waals surface area contributed by atoms with E-state index in [9.17, 15) is 4.79 Å². The van der Waals surface area contributed by atoms with Crippen molar-refractivity contribution < 1.29 is 4.79 Å². The monoisotopic (exact) mass is 270 g/mol. The van der Waals surface area contributed by atoms with E-state index in [-0.39, 0.29) is 11.9 Å². The highest BCUT2D eigenvalue weighted by Crippen LogP contribution is 2.23. The predicted molar refractivity (Wildman–Crippen MR) is 70.9 cm³/mol. The first kappa shape index (κ1) is 13.4. The highest BCUT2D eigenvalue weighted by atomic mass is 35.5. The van der Waals surface area contributed by atoms with Crippen LogP contribution in [0, 0.1) is 13.8 Å². The summed E-state index contributed by atoms with van der Waals surface area (Å²) in [6.07, 6.45) is 0. The van der Waals surface area contributed by atoms with Crippen molar-refractivity contribution in [3.63, 3.8) is 0 Å². The van der Waals surface area contributed by atoms with Crippen molar-refractivity contribution in [1.29, 1.82) is 0 Å². The summed E-state index contributed by atoms with van der Waals surface area (Å²) in [6, 6.07) is -0.297. The van der Waals surface area contributed by atoms with E-state index in [1.165, 1.54) is 0 Å². The molecule has 100 valence electrons. The minimum absolute atomic E-state index is 0.110. The van der Waals surface area contributed by atoms with Crippen LogP contribution in [0.1, 0.15) is 24.4 Å². The molecule has 1 fully saturated rings. The van der Waals surface area contributed by atoms with Gasteiger partial charge >= 0.3 is 0 Å². The maximum Gasteiger partial charge on any atom is 0.247 e. The van der Waals surface area contributed by atoms with Gasteiger partial charge in [0.15, 0.2) is 0 Å². The van der Waals surface area contributed by atoms with Crippen molar-refractivity contribution in [3.05, 3.63) is 16.4 Å². The Bertz CT molecular complexity index is 451. The van der Waals surface area contributed by atoms with E-state index < -0.39 is 0 Å². The molecule has 1 aliphatic heterocycles. The Balaban J connectivity index is 2.17. The van der Waals surface area contributed by atoms with Crippen LogP contribution in [-0.4, -0.2) is 46.8 Å². The number of rotatable bonds is 2. The van der Waals surface area contributed by atoms with Crippen LogP contribution < -0.4 is 5.32 Å². The summed E-state index contributed by atoms with van der Waals surface area (Å²) in [5.74, 6) is 0.110. The van der Waals surface area contributed by atoms with Crippen molar-refractivity contribution in [2.45, 2.75) is 26.8 Å². The Kier molecular flexibility index (Phi) is 3.92. The van der Waals surface area contributed by atoms with Crippen molar-refractivity contribution in [3.8, 4) is 0 Å². The third-order valence-electron chi connectivity index (χ3n) is 3.39. The number of carbonyl (C=O) groups excluding carboxylic acids is 1. The summed E-state index contributed by atoms with van der Waals surface area (Å²) in [5.41, 5.74) is 1.62. The SMILES string of the molecule is Cc1nn(C(C)C(=O)N2CCNCC2)c(C)c1Cl. The van der Waals surface area contributed by atoms with Crippen LogP contribution in [0.4, 0.5) is 0 Å². The van der Waals surface area contributed by atoms with Crippen LogP contribution in [0.25, 0.3) is 0 Å². The maximum atomic E-state index is 12.4. The second-order valence-corrected chi connectivity index (χ2v) is 5.06. The molecule has 18 heavy (non-hydrogen) atoms. The Labute approximate surface area is 112 Å². The van der Waals surface area contributed by atoms with E-state index in [4.69, 9.17) is 11.6 Å². The smallest absolute Gasteiger partial charge is 0.247 e. The molecule has 1 atom stereocenters. The van der Waals surface area contributed by atoms with Gasteiger partial charge < -0.3 is 10.2 Å². The molecule has 1 saturated heterocycles. The van der Waals surface area contributed by atoms with Gasteiger partial charge in [-0.05, 0) is 20.8 Å². The number of aryl methyl sites for hydroxylation is 1. The number of hydrogen-bond acceptors (Lipinski definition) is 3. The normalized spacial score (nSPS) is 17.9. The summed E-state index contributed by atoms with van der Waals surface area (Å²) >= 11 is 6.11. The van der Waals surface area contributed by atoms with Crippen molar-refractivity contribution in [1.82, 2.24) is 20.0 Å². The lowest BCUT2D eigenvalue weighted by molar-refractivity contribution is -0.135. The average Bonchev–Trinajstić information content (AvgIpc) is 2.66. The number of amides is 1. The van der Waals surface area contributed by atoms with E-state index in [0.717, 1.165) is 37.6 Å². The fraction of sp³-hybridized carbons (Fsp3) is 0.667. The lowest BCUT2D eigenvalue weighted by Crippen LogP contribution is -2.48. The molecular weight excluding hydrogens is 252 g/mol. The minimum atomic E-state index is -0.297. The first-order valence-electron chi connectivity index (χ1n) is 6.23. The number of aromatic nitrogens is 2. The van der Waals surface area contributed by atoms with Gasteiger partial charge in [0.05, 0.1) is 16.4 Å². The molecule has 1 aromatic rings. The van der Waals surface area contributed by atoms with Crippen molar-refractivity contribution in [2.24, 2.45) is 0 Å². The standard InChI is InChI=1S/C12H19ClN4O/c1-8-11(13)9(2)17(15-8)10(3)12(18)16-6-4-14-5-7-16/h10,14H,4-7H2,1-3H3. The predicted octanol–water partition coefficient (Wildman–Crippen LogP) is 1.15. The van der Waals surface area contributed by atoms with Gasteiger partial charge in [0.1, 0.15) is 6.04 Å². The second kappa shape index (κ2) is 5.28. The quantitative estimate of drug-likeness (QED) is 0.877. The summed E-state index contributed by atoms with van der Waals surface area (Å²) in [4.78, 5) is 14.2. The number of carbonyl (C=O) groups is 1. The maximum absolute atomic E-state index is 12.4. The largest absolute Gasteiger partial charge is 0.338 e. The molecule has 0 saturated carbocycles. The van der Waals surface area contributed by atoms with Crippen LogP contribution in [0.3, 0.4) is 0 Å². The van der Waals surface area contributed by atoms with Gasteiger partial charge in [0, 0.05) is 26.2 Å². The molecule has 0 aliphatic carbocycles.